The lowest BCUT2D eigenvalue weighted by atomic mass is 9.93. The molecule has 1 unspecified atom stereocenters. The number of hydrogen-bond donors (Lipinski definition) is 1. The third kappa shape index (κ3) is 3.63. The van der Waals surface area contributed by atoms with Gasteiger partial charge in [-0.15, -0.1) is 0 Å². The zero-order valence-electron chi connectivity index (χ0n) is 17.9. The van der Waals surface area contributed by atoms with E-state index >= 15 is 0 Å². The second-order valence-corrected chi connectivity index (χ2v) is 8.10. The van der Waals surface area contributed by atoms with E-state index in [1.54, 1.807) is 30.3 Å². The van der Waals surface area contributed by atoms with Crippen molar-refractivity contribution in [3.8, 4) is 0 Å². The van der Waals surface area contributed by atoms with Crippen molar-refractivity contribution in [2.45, 2.75) is 12.6 Å². The fraction of sp³-hybridized carbons (Fsp3) is 0.0714. The third-order valence-corrected chi connectivity index (χ3v) is 6.05. The lowest BCUT2D eigenvalue weighted by molar-refractivity contribution is -0.140. The van der Waals surface area contributed by atoms with Gasteiger partial charge in [0, 0.05) is 17.7 Å². The topological polar surface area (TPSA) is 57.6 Å². The molecule has 0 radical (unpaired) electrons. The molecule has 0 aromatic heterocycles. The number of aliphatic hydroxyl groups excluding tert-OH is 1. The molecule has 0 bridgehead atoms. The molecule has 0 aliphatic carbocycles. The van der Waals surface area contributed by atoms with Crippen LogP contribution in [0.25, 0.3) is 16.5 Å². The second-order valence-electron chi connectivity index (χ2n) is 8.10. The minimum atomic E-state index is -1.15. The highest BCUT2D eigenvalue weighted by Gasteiger charge is 2.47. The first-order valence-electron chi connectivity index (χ1n) is 10.7. The van der Waals surface area contributed by atoms with Gasteiger partial charge in [-0.3, -0.25) is 9.59 Å². The van der Waals surface area contributed by atoms with Crippen LogP contribution in [0.1, 0.15) is 22.7 Å². The summed E-state index contributed by atoms with van der Waals surface area (Å²) in [7, 11) is 0. The minimum absolute atomic E-state index is 0.0594. The van der Waals surface area contributed by atoms with Crippen molar-refractivity contribution in [3.63, 3.8) is 0 Å². The molecule has 4 nitrogen and oxygen atoms in total. The second kappa shape index (κ2) is 8.56. The molecule has 5 rings (SSSR count). The molecule has 1 heterocycles. The highest BCUT2D eigenvalue weighted by Crippen LogP contribution is 2.42. The van der Waals surface area contributed by atoms with Crippen molar-refractivity contribution in [2.24, 2.45) is 0 Å². The number of carbonyl (C=O) groups is 2. The number of amides is 1. The Morgan fingerprint density at radius 3 is 2.26 bits per heavy atom. The monoisotopic (exact) mass is 455 g/mol. The Labute approximate surface area is 194 Å². The maximum atomic E-state index is 14.9. The Morgan fingerprint density at radius 1 is 0.824 bits per heavy atom. The third-order valence-electron chi connectivity index (χ3n) is 6.05. The van der Waals surface area contributed by atoms with Crippen molar-refractivity contribution in [3.05, 3.63) is 125 Å². The van der Waals surface area contributed by atoms with E-state index in [0.717, 1.165) is 5.39 Å². The number of nitrogens with zero attached hydrogens (tertiary/aromatic N) is 1. The maximum absolute atomic E-state index is 14.9. The summed E-state index contributed by atoms with van der Waals surface area (Å²) < 4.78 is 28.3. The average molecular weight is 455 g/mol. The van der Waals surface area contributed by atoms with E-state index < -0.39 is 29.4 Å². The van der Waals surface area contributed by atoms with Crippen LogP contribution in [0.3, 0.4) is 0 Å². The number of Topliss-reactive ketones (excluding diaryl/α,β-unsaturated/α-hetero) is 1. The molecule has 4 aromatic carbocycles. The fourth-order valence-corrected chi connectivity index (χ4v) is 4.43. The predicted molar refractivity (Wildman–Crippen MR) is 125 cm³/mol. The standard InChI is InChI=1S/C28H19F2NO3/c29-19-14-12-17(13-15-19)16-31-25(22-9-3-4-11-23(22)30)24(27(33)28(31)34)26(32)21-10-5-7-18-6-1-2-8-20(18)21/h1-15,25,32H,16H2/b26-24+. The van der Waals surface area contributed by atoms with Crippen LogP contribution in [0, 0.1) is 11.6 Å². The van der Waals surface area contributed by atoms with Gasteiger partial charge in [0.05, 0.1) is 11.6 Å². The maximum Gasteiger partial charge on any atom is 0.295 e. The SMILES string of the molecule is O=C1C(=O)N(Cc2ccc(F)cc2)C(c2ccccc2F)/C1=C(\O)c1cccc2ccccc12. The molecule has 1 atom stereocenters. The molecule has 1 aliphatic heterocycles. The number of fused-ring (bicyclic) bond motifs is 1. The molecule has 1 aliphatic rings. The van der Waals surface area contributed by atoms with E-state index in [2.05, 4.69) is 0 Å². The van der Waals surface area contributed by atoms with Gasteiger partial charge in [0.15, 0.2) is 0 Å². The van der Waals surface area contributed by atoms with E-state index in [-0.39, 0.29) is 23.4 Å². The highest BCUT2D eigenvalue weighted by atomic mass is 19.1. The molecule has 1 amide bonds. The Bertz CT molecular complexity index is 1460. The lowest BCUT2D eigenvalue weighted by Crippen LogP contribution is -2.29. The summed E-state index contributed by atoms with van der Waals surface area (Å²) >= 11 is 0. The number of hydrogen-bond acceptors (Lipinski definition) is 3. The average Bonchev–Trinajstić information content (AvgIpc) is 3.09. The van der Waals surface area contributed by atoms with Crippen molar-refractivity contribution < 1.29 is 23.5 Å². The van der Waals surface area contributed by atoms with Gasteiger partial charge >= 0.3 is 0 Å². The summed E-state index contributed by atoms with van der Waals surface area (Å²) in [5, 5.41) is 12.9. The Hall–Kier alpha value is -4.32. The van der Waals surface area contributed by atoms with Gasteiger partial charge in [-0.05, 0) is 34.5 Å². The van der Waals surface area contributed by atoms with Gasteiger partial charge in [0.2, 0.25) is 0 Å². The number of likely N-dealkylation sites (tertiary alicyclic amines) is 1. The molecule has 1 fully saturated rings. The van der Waals surface area contributed by atoms with Crippen molar-refractivity contribution in [1.29, 1.82) is 0 Å². The Balaban J connectivity index is 1.71. The van der Waals surface area contributed by atoms with E-state index in [4.69, 9.17) is 0 Å². The number of rotatable bonds is 4. The van der Waals surface area contributed by atoms with Gasteiger partial charge in [-0.2, -0.15) is 0 Å². The number of halogens is 2. The van der Waals surface area contributed by atoms with Crippen molar-refractivity contribution in [2.75, 3.05) is 0 Å². The lowest BCUT2D eigenvalue weighted by Gasteiger charge is -2.26. The van der Waals surface area contributed by atoms with Gasteiger partial charge in [0.25, 0.3) is 11.7 Å². The summed E-state index contributed by atoms with van der Waals surface area (Å²) in [4.78, 5) is 27.5. The summed E-state index contributed by atoms with van der Waals surface area (Å²) in [6.45, 7) is -0.0594. The molecule has 168 valence electrons. The van der Waals surface area contributed by atoms with Crippen LogP contribution in [0.5, 0.6) is 0 Å². The van der Waals surface area contributed by atoms with Crippen LogP contribution >= 0.6 is 0 Å². The summed E-state index contributed by atoms with van der Waals surface area (Å²) in [5.41, 5.74) is 0.841. The van der Waals surface area contributed by atoms with Crippen LogP contribution in [0.2, 0.25) is 0 Å². The van der Waals surface area contributed by atoms with Crippen LogP contribution in [-0.2, 0) is 16.1 Å². The van der Waals surface area contributed by atoms with Crippen LogP contribution in [-0.4, -0.2) is 21.7 Å². The van der Waals surface area contributed by atoms with E-state index in [1.807, 2.05) is 18.2 Å². The van der Waals surface area contributed by atoms with Gasteiger partial charge in [-0.25, -0.2) is 8.78 Å². The highest BCUT2D eigenvalue weighted by molar-refractivity contribution is 6.46. The molecule has 0 spiro atoms. The summed E-state index contributed by atoms with van der Waals surface area (Å²) in [6, 6.07) is 22.8. The van der Waals surface area contributed by atoms with Gasteiger partial charge < -0.3 is 10.0 Å². The molecule has 0 saturated carbocycles. The molecule has 1 N–H and O–H groups in total. The first kappa shape index (κ1) is 21.5. The summed E-state index contributed by atoms with van der Waals surface area (Å²) in [6.07, 6.45) is 0. The minimum Gasteiger partial charge on any atom is -0.507 e. The number of carbonyl (C=O) groups excluding carboxylic acids is 2. The van der Waals surface area contributed by atoms with E-state index in [0.29, 0.717) is 16.5 Å². The fourth-order valence-electron chi connectivity index (χ4n) is 4.43. The van der Waals surface area contributed by atoms with E-state index in [9.17, 15) is 23.5 Å². The summed E-state index contributed by atoms with van der Waals surface area (Å²) in [5.74, 6) is -3.18. The Morgan fingerprint density at radius 2 is 1.50 bits per heavy atom. The zero-order valence-corrected chi connectivity index (χ0v) is 17.9. The molecule has 1 saturated heterocycles. The first-order valence-corrected chi connectivity index (χ1v) is 10.7. The smallest absolute Gasteiger partial charge is 0.295 e. The van der Waals surface area contributed by atoms with Crippen molar-refractivity contribution in [1.82, 2.24) is 4.90 Å². The molecule has 6 heteroatoms. The molecular formula is C28H19F2NO3. The molecular weight excluding hydrogens is 436 g/mol. The zero-order chi connectivity index (χ0) is 23.8. The normalized spacial score (nSPS) is 17.5. The number of benzene rings is 4. The molecule has 34 heavy (non-hydrogen) atoms. The predicted octanol–water partition coefficient (Wildman–Crippen LogP) is 5.74. The molecule has 4 aromatic rings. The van der Waals surface area contributed by atoms with Gasteiger partial charge in [0.1, 0.15) is 17.4 Å². The van der Waals surface area contributed by atoms with Crippen LogP contribution in [0.4, 0.5) is 8.78 Å². The van der Waals surface area contributed by atoms with E-state index in [1.165, 1.54) is 47.4 Å². The first-order chi connectivity index (χ1) is 16.5. The number of ketones is 1. The quantitative estimate of drug-likeness (QED) is 0.243. The largest absolute Gasteiger partial charge is 0.507 e. The number of aliphatic hydroxyl groups is 1. The van der Waals surface area contributed by atoms with Gasteiger partial charge in [-0.1, -0.05) is 72.8 Å². The van der Waals surface area contributed by atoms with Crippen LogP contribution < -0.4 is 0 Å². The van der Waals surface area contributed by atoms with Crippen molar-refractivity contribution >= 4 is 28.2 Å². The van der Waals surface area contributed by atoms with Crippen LogP contribution in [0.15, 0.2) is 96.6 Å². The Kier molecular flexibility index (Phi) is 5.42.